The predicted molar refractivity (Wildman–Crippen MR) is 71.6 cm³/mol. The van der Waals surface area contributed by atoms with Gasteiger partial charge >= 0.3 is 0 Å². The molecule has 1 rings (SSSR count). The molecule has 0 bridgehead atoms. The monoisotopic (exact) mass is 229 g/mol. The van der Waals surface area contributed by atoms with E-state index in [1.165, 1.54) is 43.6 Å². The minimum Gasteiger partial charge on any atom is -0.316 e. The van der Waals surface area contributed by atoms with Gasteiger partial charge in [-0.1, -0.05) is 33.1 Å². The Kier molecular flexibility index (Phi) is 6.74. The Balaban J connectivity index is 2.15. The van der Waals surface area contributed by atoms with Crippen molar-refractivity contribution >= 4 is 11.8 Å². The first-order valence-corrected chi connectivity index (χ1v) is 7.68. The molecule has 15 heavy (non-hydrogen) atoms. The van der Waals surface area contributed by atoms with Gasteiger partial charge in [0.25, 0.3) is 0 Å². The maximum absolute atomic E-state index is 3.51. The molecule has 0 aromatic carbocycles. The van der Waals surface area contributed by atoms with Gasteiger partial charge in [-0.25, -0.2) is 0 Å². The Morgan fingerprint density at radius 1 is 1.27 bits per heavy atom. The molecule has 90 valence electrons. The van der Waals surface area contributed by atoms with E-state index in [2.05, 4.69) is 38.0 Å². The van der Waals surface area contributed by atoms with Crippen molar-refractivity contribution in [3.8, 4) is 0 Å². The molecule has 1 saturated carbocycles. The van der Waals surface area contributed by atoms with Crippen LogP contribution in [0.2, 0.25) is 0 Å². The van der Waals surface area contributed by atoms with E-state index in [0.717, 1.165) is 17.9 Å². The van der Waals surface area contributed by atoms with E-state index >= 15 is 0 Å². The molecule has 2 heteroatoms. The van der Waals surface area contributed by atoms with Crippen molar-refractivity contribution in [2.24, 2.45) is 11.8 Å². The van der Waals surface area contributed by atoms with Crippen molar-refractivity contribution in [2.75, 3.05) is 18.6 Å². The van der Waals surface area contributed by atoms with Crippen LogP contribution in [0.1, 0.15) is 46.0 Å². The fourth-order valence-electron chi connectivity index (χ4n) is 2.33. The fraction of sp³-hybridized carbons (Fsp3) is 1.00. The van der Waals surface area contributed by atoms with E-state index in [9.17, 15) is 0 Å². The summed E-state index contributed by atoms with van der Waals surface area (Å²) >= 11 is 2.14. The molecule has 1 aliphatic carbocycles. The van der Waals surface area contributed by atoms with Gasteiger partial charge < -0.3 is 5.32 Å². The SMILES string of the molecule is CCC(C)CSCC(NC)C1CCCC1. The van der Waals surface area contributed by atoms with Crippen LogP contribution in [0.3, 0.4) is 0 Å². The van der Waals surface area contributed by atoms with Crippen molar-refractivity contribution in [3.63, 3.8) is 0 Å². The second kappa shape index (κ2) is 7.56. The Labute approximate surface area is 99.8 Å². The van der Waals surface area contributed by atoms with Crippen LogP contribution in [0.5, 0.6) is 0 Å². The summed E-state index contributed by atoms with van der Waals surface area (Å²) in [5.41, 5.74) is 0. The molecule has 0 heterocycles. The van der Waals surface area contributed by atoms with Crippen molar-refractivity contribution in [3.05, 3.63) is 0 Å². The lowest BCUT2D eigenvalue weighted by Crippen LogP contribution is -2.34. The lowest BCUT2D eigenvalue weighted by Gasteiger charge is -2.23. The molecule has 1 nitrogen and oxygen atoms in total. The normalized spacial score (nSPS) is 21.8. The van der Waals surface area contributed by atoms with Crippen LogP contribution >= 0.6 is 11.8 Å². The molecular formula is C13H27NS. The number of thioether (sulfide) groups is 1. The zero-order valence-corrected chi connectivity index (χ0v) is 11.4. The van der Waals surface area contributed by atoms with E-state index in [1.807, 2.05) is 0 Å². The van der Waals surface area contributed by atoms with E-state index in [1.54, 1.807) is 0 Å². The Morgan fingerprint density at radius 3 is 2.47 bits per heavy atom. The van der Waals surface area contributed by atoms with Gasteiger partial charge in [0, 0.05) is 11.8 Å². The third kappa shape index (κ3) is 4.78. The summed E-state index contributed by atoms with van der Waals surface area (Å²) in [4.78, 5) is 0. The number of rotatable bonds is 7. The Bertz CT molecular complexity index is 155. The molecule has 2 unspecified atom stereocenters. The van der Waals surface area contributed by atoms with Gasteiger partial charge in [-0.15, -0.1) is 0 Å². The molecule has 0 amide bonds. The lowest BCUT2D eigenvalue weighted by molar-refractivity contribution is 0.410. The zero-order valence-electron chi connectivity index (χ0n) is 10.6. The highest BCUT2D eigenvalue weighted by Gasteiger charge is 2.23. The third-order valence-corrected chi connectivity index (χ3v) is 5.14. The van der Waals surface area contributed by atoms with E-state index in [-0.39, 0.29) is 0 Å². The molecule has 2 atom stereocenters. The summed E-state index contributed by atoms with van der Waals surface area (Å²) in [6.45, 7) is 4.65. The first kappa shape index (κ1) is 13.4. The number of hydrogen-bond donors (Lipinski definition) is 1. The van der Waals surface area contributed by atoms with Gasteiger partial charge in [0.05, 0.1) is 0 Å². The predicted octanol–water partition coefficient (Wildman–Crippen LogP) is 3.54. The molecule has 0 aromatic rings. The van der Waals surface area contributed by atoms with Crippen LogP contribution in [0.4, 0.5) is 0 Å². The summed E-state index contributed by atoms with van der Waals surface area (Å²) in [5, 5.41) is 3.51. The van der Waals surface area contributed by atoms with Crippen LogP contribution in [0.15, 0.2) is 0 Å². The summed E-state index contributed by atoms with van der Waals surface area (Å²) in [7, 11) is 2.13. The summed E-state index contributed by atoms with van der Waals surface area (Å²) < 4.78 is 0. The summed E-state index contributed by atoms with van der Waals surface area (Å²) in [6, 6.07) is 0.765. The second-order valence-electron chi connectivity index (χ2n) is 4.99. The van der Waals surface area contributed by atoms with Crippen LogP contribution in [0, 0.1) is 11.8 Å². The third-order valence-electron chi connectivity index (χ3n) is 3.74. The Morgan fingerprint density at radius 2 is 1.93 bits per heavy atom. The average molecular weight is 229 g/mol. The largest absolute Gasteiger partial charge is 0.316 e. The van der Waals surface area contributed by atoms with Gasteiger partial charge in [0.15, 0.2) is 0 Å². The van der Waals surface area contributed by atoms with Gasteiger partial charge in [-0.2, -0.15) is 11.8 Å². The highest BCUT2D eigenvalue weighted by atomic mass is 32.2. The molecular weight excluding hydrogens is 202 g/mol. The molecule has 1 fully saturated rings. The van der Waals surface area contributed by atoms with Crippen molar-refractivity contribution < 1.29 is 0 Å². The standard InChI is InChI=1S/C13H27NS/c1-4-11(2)9-15-10-13(14-3)12-7-5-6-8-12/h11-14H,4-10H2,1-3H3. The quantitative estimate of drug-likeness (QED) is 0.716. The molecule has 1 N–H and O–H groups in total. The minimum atomic E-state index is 0.765. The minimum absolute atomic E-state index is 0.765. The maximum atomic E-state index is 3.51. The van der Waals surface area contributed by atoms with E-state index in [0.29, 0.717) is 0 Å². The molecule has 0 radical (unpaired) electrons. The molecule has 1 aliphatic rings. The molecule has 0 saturated heterocycles. The zero-order chi connectivity index (χ0) is 11.1. The maximum Gasteiger partial charge on any atom is 0.0183 e. The molecule has 0 aliphatic heterocycles. The van der Waals surface area contributed by atoms with E-state index in [4.69, 9.17) is 0 Å². The fourth-order valence-corrected chi connectivity index (χ4v) is 3.80. The van der Waals surface area contributed by atoms with Gasteiger partial charge in [0.2, 0.25) is 0 Å². The smallest absolute Gasteiger partial charge is 0.0183 e. The van der Waals surface area contributed by atoms with Gasteiger partial charge in [-0.3, -0.25) is 0 Å². The highest BCUT2D eigenvalue weighted by molar-refractivity contribution is 7.99. The highest BCUT2D eigenvalue weighted by Crippen LogP contribution is 2.29. The number of hydrogen-bond acceptors (Lipinski definition) is 2. The summed E-state index contributed by atoms with van der Waals surface area (Å²) in [6.07, 6.45) is 7.14. The van der Waals surface area contributed by atoms with Crippen molar-refractivity contribution in [1.82, 2.24) is 5.32 Å². The lowest BCUT2D eigenvalue weighted by atomic mass is 10.0. The molecule has 0 spiro atoms. The first-order chi connectivity index (χ1) is 7.27. The van der Waals surface area contributed by atoms with Gasteiger partial charge in [0.1, 0.15) is 0 Å². The van der Waals surface area contributed by atoms with Gasteiger partial charge in [-0.05, 0) is 37.5 Å². The van der Waals surface area contributed by atoms with Crippen LogP contribution in [-0.4, -0.2) is 24.6 Å². The van der Waals surface area contributed by atoms with E-state index < -0.39 is 0 Å². The number of nitrogens with one attached hydrogen (secondary N) is 1. The topological polar surface area (TPSA) is 12.0 Å². The van der Waals surface area contributed by atoms with Crippen LogP contribution in [0.25, 0.3) is 0 Å². The first-order valence-electron chi connectivity index (χ1n) is 6.53. The Hall–Kier alpha value is 0.310. The average Bonchev–Trinajstić information content (AvgIpc) is 2.77. The second-order valence-corrected chi connectivity index (χ2v) is 6.07. The van der Waals surface area contributed by atoms with Crippen molar-refractivity contribution in [1.29, 1.82) is 0 Å². The van der Waals surface area contributed by atoms with Crippen LogP contribution < -0.4 is 5.32 Å². The van der Waals surface area contributed by atoms with Crippen LogP contribution in [-0.2, 0) is 0 Å². The molecule has 0 aromatic heterocycles. The van der Waals surface area contributed by atoms with Crippen molar-refractivity contribution in [2.45, 2.75) is 52.0 Å². The summed E-state index contributed by atoms with van der Waals surface area (Å²) in [5.74, 6) is 4.49.